The van der Waals surface area contributed by atoms with Gasteiger partial charge in [-0.1, -0.05) is 31.0 Å². The summed E-state index contributed by atoms with van der Waals surface area (Å²) in [6, 6.07) is 6.56. The highest BCUT2D eigenvalue weighted by Crippen LogP contribution is 2.31. The Morgan fingerprint density at radius 1 is 1.28 bits per heavy atom. The molecular formula is C13H19NO3S. The molecular weight excluding hydrogens is 250 g/mol. The first kappa shape index (κ1) is 13.5. The van der Waals surface area contributed by atoms with E-state index in [0.717, 1.165) is 25.7 Å². The summed E-state index contributed by atoms with van der Waals surface area (Å²) in [6.45, 7) is 1.67. The van der Waals surface area contributed by atoms with Crippen LogP contribution in [-0.2, 0) is 16.6 Å². The summed E-state index contributed by atoms with van der Waals surface area (Å²) in [5.41, 5.74) is 0.0908. The summed E-state index contributed by atoms with van der Waals surface area (Å²) in [5.74, 6) is 0. The Bertz CT molecular complexity index is 519. The molecule has 18 heavy (non-hydrogen) atoms. The topological polar surface area (TPSA) is 66.4 Å². The minimum Gasteiger partial charge on any atom is -0.392 e. The lowest BCUT2D eigenvalue weighted by atomic mass is 10.0. The average Bonchev–Trinajstić information content (AvgIpc) is 2.74. The number of benzene rings is 1. The maximum absolute atomic E-state index is 12.4. The summed E-state index contributed by atoms with van der Waals surface area (Å²) < 4.78 is 27.5. The molecule has 2 N–H and O–H groups in total. The lowest BCUT2D eigenvalue weighted by Crippen LogP contribution is -2.43. The van der Waals surface area contributed by atoms with Crippen molar-refractivity contribution in [2.24, 2.45) is 0 Å². The number of hydrogen-bond acceptors (Lipinski definition) is 3. The summed E-state index contributed by atoms with van der Waals surface area (Å²) in [4.78, 5) is 0.181. The van der Waals surface area contributed by atoms with E-state index < -0.39 is 10.0 Å². The predicted octanol–water partition coefficient (Wildman–Crippen LogP) is 1.79. The second-order valence-corrected chi connectivity index (χ2v) is 6.79. The highest BCUT2D eigenvalue weighted by molar-refractivity contribution is 7.89. The molecule has 1 aromatic rings. The number of rotatable bonds is 4. The lowest BCUT2D eigenvalue weighted by Gasteiger charge is -2.25. The molecule has 0 aromatic heterocycles. The van der Waals surface area contributed by atoms with Gasteiger partial charge in [-0.2, -0.15) is 0 Å². The fourth-order valence-electron chi connectivity index (χ4n) is 2.53. The van der Waals surface area contributed by atoms with Crippen LogP contribution in [0, 0.1) is 0 Å². The van der Waals surface area contributed by atoms with Crippen molar-refractivity contribution in [2.45, 2.75) is 49.6 Å². The van der Waals surface area contributed by atoms with Crippen LogP contribution in [0.4, 0.5) is 0 Å². The molecule has 1 aliphatic rings. The number of hydrogen-bond donors (Lipinski definition) is 2. The van der Waals surface area contributed by atoms with Gasteiger partial charge in [0.2, 0.25) is 10.0 Å². The molecule has 1 aromatic carbocycles. The first-order valence-corrected chi connectivity index (χ1v) is 7.68. The van der Waals surface area contributed by atoms with Crippen molar-refractivity contribution >= 4 is 10.0 Å². The smallest absolute Gasteiger partial charge is 0.241 e. The van der Waals surface area contributed by atoms with Gasteiger partial charge in [-0.05, 0) is 31.4 Å². The van der Waals surface area contributed by atoms with E-state index >= 15 is 0 Å². The van der Waals surface area contributed by atoms with Crippen molar-refractivity contribution in [1.82, 2.24) is 4.72 Å². The van der Waals surface area contributed by atoms with E-state index in [1.807, 2.05) is 6.92 Å². The van der Waals surface area contributed by atoms with Gasteiger partial charge in [0.1, 0.15) is 0 Å². The number of aliphatic hydroxyl groups is 1. The van der Waals surface area contributed by atoms with Crippen LogP contribution in [-0.4, -0.2) is 19.1 Å². The van der Waals surface area contributed by atoms with E-state index in [2.05, 4.69) is 4.72 Å². The minimum atomic E-state index is -3.55. The molecule has 0 saturated heterocycles. The number of nitrogens with one attached hydrogen (secondary N) is 1. The Kier molecular flexibility index (Phi) is 3.75. The van der Waals surface area contributed by atoms with Crippen LogP contribution in [0.1, 0.15) is 38.2 Å². The monoisotopic (exact) mass is 269 g/mol. The zero-order chi connectivity index (χ0) is 13.2. The zero-order valence-electron chi connectivity index (χ0n) is 10.5. The van der Waals surface area contributed by atoms with Gasteiger partial charge in [0.15, 0.2) is 0 Å². The molecule has 4 nitrogen and oxygen atoms in total. The Labute approximate surface area is 108 Å². The molecule has 0 bridgehead atoms. The van der Waals surface area contributed by atoms with Crippen molar-refractivity contribution in [2.75, 3.05) is 0 Å². The molecule has 0 aliphatic heterocycles. The SMILES string of the molecule is CC1(NS(=O)(=O)c2ccccc2CO)CCCC1. The van der Waals surface area contributed by atoms with Gasteiger partial charge in [0.25, 0.3) is 0 Å². The summed E-state index contributed by atoms with van der Waals surface area (Å²) in [5, 5.41) is 9.21. The molecule has 1 aliphatic carbocycles. The molecule has 2 rings (SSSR count). The molecule has 0 heterocycles. The minimum absolute atomic E-state index is 0.181. The van der Waals surface area contributed by atoms with Gasteiger partial charge in [-0.15, -0.1) is 0 Å². The van der Waals surface area contributed by atoms with Gasteiger partial charge in [0.05, 0.1) is 11.5 Å². The first-order chi connectivity index (χ1) is 8.47. The van der Waals surface area contributed by atoms with E-state index in [1.165, 1.54) is 6.07 Å². The predicted molar refractivity (Wildman–Crippen MR) is 69.6 cm³/mol. The quantitative estimate of drug-likeness (QED) is 0.875. The normalized spacial score (nSPS) is 19.0. The molecule has 1 saturated carbocycles. The van der Waals surface area contributed by atoms with Gasteiger partial charge in [-0.25, -0.2) is 13.1 Å². The molecule has 0 amide bonds. The van der Waals surface area contributed by atoms with E-state index in [0.29, 0.717) is 5.56 Å². The molecule has 1 fully saturated rings. The van der Waals surface area contributed by atoms with E-state index in [1.54, 1.807) is 18.2 Å². The van der Waals surface area contributed by atoms with Crippen molar-refractivity contribution in [1.29, 1.82) is 0 Å². The molecule has 100 valence electrons. The van der Waals surface area contributed by atoms with Gasteiger partial charge >= 0.3 is 0 Å². The fourth-order valence-corrected chi connectivity index (χ4v) is 4.23. The summed E-state index contributed by atoms with van der Waals surface area (Å²) in [7, 11) is -3.55. The third-order valence-corrected chi connectivity index (χ3v) is 5.26. The van der Waals surface area contributed by atoms with Crippen LogP contribution >= 0.6 is 0 Å². The van der Waals surface area contributed by atoms with Crippen molar-refractivity contribution < 1.29 is 13.5 Å². The highest BCUT2D eigenvalue weighted by Gasteiger charge is 2.34. The second-order valence-electron chi connectivity index (χ2n) is 5.14. The van der Waals surface area contributed by atoms with Crippen molar-refractivity contribution in [3.05, 3.63) is 29.8 Å². The van der Waals surface area contributed by atoms with Gasteiger partial charge in [-0.3, -0.25) is 0 Å². The number of aliphatic hydroxyl groups excluding tert-OH is 1. The Balaban J connectivity index is 2.30. The molecule has 0 spiro atoms. The van der Waals surface area contributed by atoms with E-state index in [4.69, 9.17) is 0 Å². The van der Waals surface area contributed by atoms with E-state index in [-0.39, 0.29) is 17.0 Å². The highest BCUT2D eigenvalue weighted by atomic mass is 32.2. The third-order valence-electron chi connectivity index (χ3n) is 3.52. The van der Waals surface area contributed by atoms with Crippen LogP contribution in [0.5, 0.6) is 0 Å². The first-order valence-electron chi connectivity index (χ1n) is 6.20. The van der Waals surface area contributed by atoms with Gasteiger partial charge < -0.3 is 5.11 Å². The van der Waals surface area contributed by atoms with E-state index in [9.17, 15) is 13.5 Å². The Hall–Kier alpha value is -0.910. The average molecular weight is 269 g/mol. The zero-order valence-corrected chi connectivity index (χ0v) is 11.3. The maximum Gasteiger partial charge on any atom is 0.241 e. The Morgan fingerprint density at radius 2 is 1.89 bits per heavy atom. The largest absolute Gasteiger partial charge is 0.392 e. The standard InChI is InChI=1S/C13H19NO3S/c1-13(8-4-5-9-13)14-18(16,17)12-7-3-2-6-11(12)10-15/h2-3,6-7,14-15H,4-5,8-10H2,1H3. The van der Waals surface area contributed by atoms with Crippen LogP contribution in [0.2, 0.25) is 0 Å². The molecule has 5 heteroatoms. The summed E-state index contributed by atoms with van der Waals surface area (Å²) >= 11 is 0. The maximum atomic E-state index is 12.4. The van der Waals surface area contributed by atoms with Crippen LogP contribution in [0.3, 0.4) is 0 Å². The van der Waals surface area contributed by atoms with Crippen LogP contribution in [0.25, 0.3) is 0 Å². The molecule has 0 atom stereocenters. The number of sulfonamides is 1. The fraction of sp³-hybridized carbons (Fsp3) is 0.538. The molecule has 0 unspecified atom stereocenters. The Morgan fingerprint density at radius 3 is 2.50 bits per heavy atom. The third kappa shape index (κ3) is 2.74. The summed E-state index contributed by atoms with van der Waals surface area (Å²) in [6.07, 6.45) is 3.85. The van der Waals surface area contributed by atoms with Crippen LogP contribution in [0.15, 0.2) is 29.2 Å². The van der Waals surface area contributed by atoms with Crippen LogP contribution < -0.4 is 4.72 Å². The van der Waals surface area contributed by atoms with Gasteiger partial charge in [0, 0.05) is 5.54 Å². The lowest BCUT2D eigenvalue weighted by molar-refractivity contribution is 0.278. The van der Waals surface area contributed by atoms with Crippen molar-refractivity contribution in [3.8, 4) is 0 Å². The molecule has 0 radical (unpaired) electrons. The second kappa shape index (κ2) is 4.99. The van der Waals surface area contributed by atoms with Crippen molar-refractivity contribution in [3.63, 3.8) is 0 Å².